The van der Waals surface area contributed by atoms with E-state index in [4.69, 9.17) is 4.74 Å². The van der Waals surface area contributed by atoms with Gasteiger partial charge in [0.15, 0.2) is 0 Å². The molecule has 1 aliphatic rings. The highest BCUT2D eigenvalue weighted by Crippen LogP contribution is 2.08. The van der Waals surface area contributed by atoms with Crippen LogP contribution < -0.4 is 0 Å². The molecule has 1 aliphatic heterocycles. The fraction of sp³-hybridized carbons (Fsp3) is 0.471. The molecule has 21 heavy (non-hydrogen) atoms. The molecular weight excluding hydrogens is 264 g/mol. The minimum absolute atomic E-state index is 0.250. The molecule has 0 saturated carbocycles. The fourth-order valence-electron chi connectivity index (χ4n) is 2.46. The van der Waals surface area contributed by atoms with Crippen LogP contribution in [-0.4, -0.2) is 55.1 Å². The Morgan fingerprint density at radius 2 is 1.81 bits per heavy atom. The quantitative estimate of drug-likeness (QED) is 0.591. The van der Waals surface area contributed by atoms with Crippen molar-refractivity contribution in [1.82, 2.24) is 9.80 Å². The molecule has 0 N–H and O–H groups in total. The molecule has 0 aromatic heterocycles. The van der Waals surface area contributed by atoms with Gasteiger partial charge in [-0.2, -0.15) is 0 Å². The van der Waals surface area contributed by atoms with Crippen molar-refractivity contribution >= 4 is 5.97 Å². The van der Waals surface area contributed by atoms with Crippen LogP contribution in [0.15, 0.2) is 42.5 Å². The van der Waals surface area contributed by atoms with E-state index in [1.807, 2.05) is 13.0 Å². The number of esters is 1. The van der Waals surface area contributed by atoms with Crippen molar-refractivity contribution in [2.45, 2.75) is 13.5 Å². The van der Waals surface area contributed by atoms with E-state index < -0.39 is 0 Å². The molecule has 0 unspecified atom stereocenters. The third kappa shape index (κ3) is 5.69. The molecule has 4 heteroatoms. The molecule has 1 aromatic rings. The molecule has 0 amide bonds. The molecule has 2 rings (SSSR count). The van der Waals surface area contributed by atoms with Crippen LogP contribution >= 0.6 is 0 Å². The number of nitrogens with zero attached hydrogens (tertiary/aromatic N) is 2. The van der Waals surface area contributed by atoms with Gasteiger partial charge >= 0.3 is 5.97 Å². The smallest absolute Gasteiger partial charge is 0.330 e. The number of piperazine rings is 1. The van der Waals surface area contributed by atoms with E-state index >= 15 is 0 Å². The molecule has 1 saturated heterocycles. The van der Waals surface area contributed by atoms with E-state index in [9.17, 15) is 4.79 Å². The zero-order valence-corrected chi connectivity index (χ0v) is 12.7. The zero-order chi connectivity index (χ0) is 14.9. The summed E-state index contributed by atoms with van der Waals surface area (Å²) < 4.78 is 4.86. The van der Waals surface area contributed by atoms with E-state index in [0.717, 1.165) is 39.3 Å². The van der Waals surface area contributed by atoms with Gasteiger partial charge in [0.2, 0.25) is 0 Å². The Morgan fingerprint density at radius 1 is 1.14 bits per heavy atom. The number of carbonyl (C=O) groups excluding carboxylic acids is 1. The van der Waals surface area contributed by atoms with Crippen molar-refractivity contribution in [1.29, 1.82) is 0 Å². The van der Waals surface area contributed by atoms with Gasteiger partial charge in [-0.1, -0.05) is 36.4 Å². The second-order valence-corrected chi connectivity index (χ2v) is 5.22. The van der Waals surface area contributed by atoms with Gasteiger partial charge in [-0.3, -0.25) is 9.80 Å². The third-order valence-corrected chi connectivity index (χ3v) is 3.62. The minimum Gasteiger partial charge on any atom is -0.463 e. The normalized spacial score (nSPS) is 17.2. The third-order valence-electron chi connectivity index (χ3n) is 3.62. The Balaban J connectivity index is 1.67. The Kier molecular flexibility index (Phi) is 6.44. The molecule has 114 valence electrons. The maximum absolute atomic E-state index is 11.2. The summed E-state index contributed by atoms with van der Waals surface area (Å²) in [5.41, 5.74) is 1.37. The molecule has 1 heterocycles. The first-order valence-corrected chi connectivity index (χ1v) is 7.60. The molecule has 0 atom stereocenters. The number of ether oxygens (including phenoxy) is 1. The summed E-state index contributed by atoms with van der Waals surface area (Å²) in [5, 5.41) is 0. The monoisotopic (exact) mass is 288 g/mol. The molecule has 1 aromatic carbocycles. The van der Waals surface area contributed by atoms with Crippen LogP contribution in [0, 0.1) is 0 Å². The number of hydrogen-bond acceptors (Lipinski definition) is 4. The number of benzene rings is 1. The van der Waals surface area contributed by atoms with Gasteiger partial charge in [0.1, 0.15) is 0 Å². The summed E-state index contributed by atoms with van der Waals surface area (Å²) in [6.07, 6.45) is 3.42. The van der Waals surface area contributed by atoms with E-state index in [1.54, 1.807) is 0 Å². The van der Waals surface area contributed by atoms with Crippen molar-refractivity contribution in [2.75, 3.05) is 39.3 Å². The largest absolute Gasteiger partial charge is 0.463 e. The van der Waals surface area contributed by atoms with Gasteiger partial charge in [0, 0.05) is 45.3 Å². The first-order valence-electron chi connectivity index (χ1n) is 7.60. The summed E-state index contributed by atoms with van der Waals surface area (Å²) in [6, 6.07) is 10.6. The van der Waals surface area contributed by atoms with Gasteiger partial charge in [-0.15, -0.1) is 0 Å². The topological polar surface area (TPSA) is 32.8 Å². The standard InChI is InChI=1S/C17H24N2O2/c1-2-21-17(20)9-6-10-18-11-13-19(14-12-18)15-16-7-4-3-5-8-16/h3-9H,2,10-15H2,1H3/b9-6+. The highest BCUT2D eigenvalue weighted by molar-refractivity contribution is 5.81. The SMILES string of the molecule is CCOC(=O)/C=C/CN1CCN(Cc2ccccc2)CC1. The van der Waals surface area contributed by atoms with Crippen LogP contribution in [0.5, 0.6) is 0 Å². The molecule has 4 nitrogen and oxygen atoms in total. The lowest BCUT2D eigenvalue weighted by Crippen LogP contribution is -2.45. The van der Waals surface area contributed by atoms with Crippen LogP contribution in [0.1, 0.15) is 12.5 Å². The second kappa shape index (κ2) is 8.60. The van der Waals surface area contributed by atoms with E-state index in [0.29, 0.717) is 6.61 Å². The van der Waals surface area contributed by atoms with Crippen molar-refractivity contribution < 1.29 is 9.53 Å². The second-order valence-electron chi connectivity index (χ2n) is 5.22. The Bertz CT molecular complexity index is 451. The van der Waals surface area contributed by atoms with Crippen LogP contribution in [0.4, 0.5) is 0 Å². The van der Waals surface area contributed by atoms with Gasteiger partial charge in [0.25, 0.3) is 0 Å². The van der Waals surface area contributed by atoms with E-state index in [1.165, 1.54) is 11.6 Å². The van der Waals surface area contributed by atoms with Crippen LogP contribution in [0.2, 0.25) is 0 Å². The molecular formula is C17H24N2O2. The molecule has 0 aliphatic carbocycles. The average molecular weight is 288 g/mol. The van der Waals surface area contributed by atoms with E-state index in [2.05, 4.69) is 40.1 Å². The molecule has 0 radical (unpaired) electrons. The summed E-state index contributed by atoms with van der Waals surface area (Å²) in [5.74, 6) is -0.250. The average Bonchev–Trinajstić information content (AvgIpc) is 2.50. The predicted molar refractivity (Wildman–Crippen MR) is 83.9 cm³/mol. The summed E-state index contributed by atoms with van der Waals surface area (Å²) in [4.78, 5) is 16.0. The van der Waals surface area contributed by atoms with Crippen molar-refractivity contribution in [2.24, 2.45) is 0 Å². The Hall–Kier alpha value is -1.65. The van der Waals surface area contributed by atoms with Crippen molar-refractivity contribution in [3.8, 4) is 0 Å². The van der Waals surface area contributed by atoms with Gasteiger partial charge in [0.05, 0.1) is 6.61 Å². The van der Waals surface area contributed by atoms with Crippen LogP contribution in [0.25, 0.3) is 0 Å². The number of carbonyl (C=O) groups is 1. The lowest BCUT2D eigenvalue weighted by molar-refractivity contribution is -0.137. The van der Waals surface area contributed by atoms with Crippen LogP contribution in [0.3, 0.4) is 0 Å². The highest BCUT2D eigenvalue weighted by atomic mass is 16.5. The number of rotatable bonds is 6. The Labute approximate surface area is 127 Å². The van der Waals surface area contributed by atoms with Gasteiger partial charge in [-0.25, -0.2) is 4.79 Å². The van der Waals surface area contributed by atoms with Crippen molar-refractivity contribution in [3.05, 3.63) is 48.0 Å². The first kappa shape index (κ1) is 15.7. The Morgan fingerprint density at radius 3 is 2.48 bits per heavy atom. The minimum atomic E-state index is -0.250. The summed E-state index contributed by atoms with van der Waals surface area (Å²) in [7, 11) is 0. The van der Waals surface area contributed by atoms with Crippen LogP contribution in [-0.2, 0) is 16.1 Å². The van der Waals surface area contributed by atoms with Gasteiger partial charge in [-0.05, 0) is 12.5 Å². The summed E-state index contributed by atoms with van der Waals surface area (Å²) >= 11 is 0. The molecule has 1 fully saturated rings. The first-order chi connectivity index (χ1) is 10.3. The van der Waals surface area contributed by atoms with Gasteiger partial charge < -0.3 is 4.74 Å². The number of hydrogen-bond donors (Lipinski definition) is 0. The summed E-state index contributed by atoms with van der Waals surface area (Å²) in [6.45, 7) is 8.31. The van der Waals surface area contributed by atoms with Crippen molar-refractivity contribution in [3.63, 3.8) is 0 Å². The fourth-order valence-corrected chi connectivity index (χ4v) is 2.46. The maximum atomic E-state index is 11.2. The maximum Gasteiger partial charge on any atom is 0.330 e. The lowest BCUT2D eigenvalue weighted by Gasteiger charge is -2.34. The zero-order valence-electron chi connectivity index (χ0n) is 12.7. The van der Waals surface area contributed by atoms with E-state index in [-0.39, 0.29) is 5.97 Å². The predicted octanol–water partition coefficient (Wildman–Crippen LogP) is 1.92. The highest BCUT2D eigenvalue weighted by Gasteiger charge is 2.15. The molecule has 0 spiro atoms. The lowest BCUT2D eigenvalue weighted by atomic mass is 10.2. The molecule has 0 bridgehead atoms.